The second-order valence-electron chi connectivity index (χ2n) is 5.83. The Morgan fingerprint density at radius 1 is 0.667 bits per heavy atom. The summed E-state index contributed by atoms with van der Waals surface area (Å²) in [7, 11) is 2.90. The summed E-state index contributed by atoms with van der Waals surface area (Å²) in [6, 6.07) is 0. The van der Waals surface area contributed by atoms with Crippen molar-refractivity contribution in [2.45, 2.75) is 97.3 Å². The van der Waals surface area contributed by atoms with Gasteiger partial charge >= 0.3 is 0 Å². The van der Waals surface area contributed by atoms with E-state index in [2.05, 4.69) is 23.1 Å². The van der Waals surface area contributed by atoms with Crippen LogP contribution in [0.25, 0.3) is 0 Å². The summed E-state index contributed by atoms with van der Waals surface area (Å²) in [5.41, 5.74) is 0. The molecule has 0 saturated carbocycles. The number of hydrogen-bond donors (Lipinski definition) is 0. The van der Waals surface area contributed by atoms with E-state index in [1.165, 1.54) is 89.6 Å². The van der Waals surface area contributed by atoms with E-state index in [1.807, 2.05) is 0 Å². The highest BCUT2D eigenvalue weighted by Crippen LogP contribution is 2.17. The molecule has 0 aliphatic carbocycles. The van der Waals surface area contributed by atoms with E-state index in [0.717, 1.165) is 5.92 Å². The van der Waals surface area contributed by atoms with E-state index < -0.39 is 0 Å². The molecule has 110 valence electrons. The highest BCUT2D eigenvalue weighted by molar-refractivity contribution is 7.16. The molecule has 0 aliphatic rings. The van der Waals surface area contributed by atoms with Crippen molar-refractivity contribution in [1.82, 2.24) is 0 Å². The first-order valence-electron chi connectivity index (χ1n) is 8.55. The van der Waals surface area contributed by atoms with Crippen molar-refractivity contribution in [3.8, 4) is 0 Å². The summed E-state index contributed by atoms with van der Waals surface area (Å²) in [6.07, 6.45) is 20.2. The second kappa shape index (κ2) is 15.5. The molecule has 18 heavy (non-hydrogen) atoms. The topological polar surface area (TPSA) is 0 Å². The fraction of sp³-hybridized carbons (Fsp3) is 1.00. The summed E-state index contributed by atoms with van der Waals surface area (Å²) in [4.78, 5) is 0. The molecule has 0 aliphatic heterocycles. The summed E-state index contributed by atoms with van der Waals surface area (Å²) in [5, 5.41) is 0. The molecule has 2 atom stereocenters. The lowest BCUT2D eigenvalue weighted by Crippen LogP contribution is -1.99. The van der Waals surface area contributed by atoms with Crippen molar-refractivity contribution in [3.63, 3.8) is 0 Å². The van der Waals surface area contributed by atoms with Crippen LogP contribution in [-0.4, -0.2) is 6.16 Å². The lowest BCUT2D eigenvalue weighted by molar-refractivity contribution is 0.474. The van der Waals surface area contributed by atoms with Crippen LogP contribution in [0, 0.1) is 5.92 Å². The van der Waals surface area contributed by atoms with Crippen molar-refractivity contribution >= 4 is 9.24 Å². The summed E-state index contributed by atoms with van der Waals surface area (Å²) in [6.45, 7) is 4.62. The molecule has 0 aromatic carbocycles. The van der Waals surface area contributed by atoms with Gasteiger partial charge in [0.25, 0.3) is 0 Å². The van der Waals surface area contributed by atoms with Gasteiger partial charge in [-0.2, -0.15) is 0 Å². The van der Waals surface area contributed by atoms with Crippen molar-refractivity contribution in [2.75, 3.05) is 6.16 Å². The van der Waals surface area contributed by atoms with Crippen molar-refractivity contribution in [1.29, 1.82) is 0 Å². The molecule has 2 unspecified atom stereocenters. The van der Waals surface area contributed by atoms with Crippen LogP contribution in [0.5, 0.6) is 0 Å². The fourth-order valence-corrected chi connectivity index (χ4v) is 3.15. The maximum absolute atomic E-state index is 2.90. The van der Waals surface area contributed by atoms with Gasteiger partial charge < -0.3 is 0 Å². The maximum atomic E-state index is 2.90. The van der Waals surface area contributed by atoms with Crippen LogP contribution in [0.1, 0.15) is 97.3 Å². The molecule has 0 fully saturated rings. The van der Waals surface area contributed by atoms with Crippen molar-refractivity contribution < 1.29 is 0 Å². The minimum absolute atomic E-state index is 0.966. The Balaban J connectivity index is 3.03. The van der Waals surface area contributed by atoms with E-state index in [9.17, 15) is 0 Å². The Kier molecular flexibility index (Phi) is 15.9. The maximum Gasteiger partial charge on any atom is -0.0353 e. The van der Waals surface area contributed by atoms with Gasteiger partial charge in [-0.1, -0.05) is 97.3 Å². The number of unbranched alkanes of at least 4 members (excludes halogenated alkanes) is 10. The van der Waals surface area contributed by atoms with Gasteiger partial charge in [0.2, 0.25) is 0 Å². The molecule has 0 bridgehead atoms. The van der Waals surface area contributed by atoms with Gasteiger partial charge in [0.15, 0.2) is 0 Å². The summed E-state index contributed by atoms with van der Waals surface area (Å²) >= 11 is 0. The van der Waals surface area contributed by atoms with Crippen LogP contribution in [-0.2, 0) is 0 Å². The zero-order chi connectivity index (χ0) is 13.5. The Labute approximate surface area is 119 Å². The van der Waals surface area contributed by atoms with E-state index in [4.69, 9.17) is 0 Å². The molecular weight excluding hydrogens is 235 g/mol. The first-order chi connectivity index (χ1) is 8.85. The first-order valence-corrected chi connectivity index (χ1v) is 9.36. The molecule has 0 amide bonds. The molecule has 0 rings (SSSR count). The number of hydrogen-bond acceptors (Lipinski definition) is 0. The van der Waals surface area contributed by atoms with Gasteiger partial charge in [-0.15, -0.1) is 9.24 Å². The van der Waals surface area contributed by atoms with Crippen molar-refractivity contribution in [3.05, 3.63) is 0 Å². The Morgan fingerprint density at radius 3 is 1.50 bits per heavy atom. The normalized spacial score (nSPS) is 12.8. The van der Waals surface area contributed by atoms with Gasteiger partial charge in [-0.3, -0.25) is 0 Å². The predicted octanol–water partition coefficient (Wildman–Crippen LogP) is 6.59. The van der Waals surface area contributed by atoms with Crippen LogP contribution in [0.4, 0.5) is 0 Å². The lowest BCUT2D eigenvalue weighted by Gasteiger charge is -2.11. The summed E-state index contributed by atoms with van der Waals surface area (Å²) in [5.74, 6) is 0.966. The molecule has 0 radical (unpaired) electrons. The fourth-order valence-electron chi connectivity index (χ4n) is 2.59. The third-order valence-electron chi connectivity index (χ3n) is 4.13. The van der Waals surface area contributed by atoms with Crippen LogP contribution in [0.15, 0.2) is 0 Å². The predicted molar refractivity (Wildman–Crippen MR) is 89.4 cm³/mol. The van der Waals surface area contributed by atoms with Crippen LogP contribution >= 0.6 is 9.24 Å². The highest BCUT2D eigenvalue weighted by atomic mass is 31.0. The average Bonchev–Trinajstić information content (AvgIpc) is 2.40. The van der Waals surface area contributed by atoms with E-state index >= 15 is 0 Å². The lowest BCUT2D eigenvalue weighted by atomic mass is 9.99. The molecule has 0 saturated heterocycles. The Bertz CT molecular complexity index is 141. The second-order valence-corrected chi connectivity index (χ2v) is 6.31. The van der Waals surface area contributed by atoms with Crippen molar-refractivity contribution in [2.24, 2.45) is 5.92 Å². The van der Waals surface area contributed by atoms with Gasteiger partial charge in [0.1, 0.15) is 0 Å². The average molecular weight is 272 g/mol. The minimum atomic E-state index is 0.966. The third-order valence-corrected chi connectivity index (χ3v) is 4.79. The van der Waals surface area contributed by atoms with Gasteiger partial charge in [-0.05, 0) is 12.1 Å². The van der Waals surface area contributed by atoms with Gasteiger partial charge in [0, 0.05) is 0 Å². The molecular formula is C17H37P. The SMILES string of the molecule is CCCCCCCCCCCCCC(CC)CP. The monoisotopic (exact) mass is 272 g/mol. The zero-order valence-electron chi connectivity index (χ0n) is 13.1. The molecule has 0 spiro atoms. The number of rotatable bonds is 14. The Morgan fingerprint density at radius 2 is 1.11 bits per heavy atom. The molecule has 0 aromatic rings. The van der Waals surface area contributed by atoms with Gasteiger partial charge in [-0.25, -0.2) is 0 Å². The van der Waals surface area contributed by atoms with Crippen LogP contribution in [0.2, 0.25) is 0 Å². The van der Waals surface area contributed by atoms with Crippen LogP contribution < -0.4 is 0 Å². The molecule has 0 nitrogen and oxygen atoms in total. The minimum Gasteiger partial charge on any atom is -0.137 e. The first kappa shape index (κ1) is 18.4. The molecule has 0 N–H and O–H groups in total. The third kappa shape index (κ3) is 12.9. The largest absolute Gasteiger partial charge is 0.137 e. The smallest absolute Gasteiger partial charge is 0.0353 e. The molecule has 0 heterocycles. The zero-order valence-corrected chi connectivity index (χ0v) is 14.2. The van der Waals surface area contributed by atoms with Gasteiger partial charge in [0.05, 0.1) is 0 Å². The Hall–Kier alpha value is 0.430. The standard InChI is InChI=1S/C17H37P/c1-3-5-6-7-8-9-10-11-12-13-14-15-17(4-2)16-18/h17H,3-16,18H2,1-2H3. The van der Waals surface area contributed by atoms with E-state index in [1.54, 1.807) is 0 Å². The quantitative estimate of drug-likeness (QED) is 0.247. The van der Waals surface area contributed by atoms with E-state index in [-0.39, 0.29) is 0 Å². The summed E-state index contributed by atoms with van der Waals surface area (Å²) < 4.78 is 0. The van der Waals surface area contributed by atoms with Crippen LogP contribution in [0.3, 0.4) is 0 Å². The molecule has 1 heteroatoms. The highest BCUT2D eigenvalue weighted by Gasteiger charge is 2.02. The van der Waals surface area contributed by atoms with E-state index in [0.29, 0.717) is 0 Å². The molecule has 0 aromatic heterocycles.